The Morgan fingerprint density at radius 2 is 1.97 bits per heavy atom. The summed E-state index contributed by atoms with van der Waals surface area (Å²) in [4.78, 5) is 8.04. The van der Waals surface area contributed by atoms with Gasteiger partial charge in [0.25, 0.3) is 17.7 Å². The van der Waals surface area contributed by atoms with E-state index in [1.807, 2.05) is 0 Å². The molecule has 0 saturated carbocycles. The zero-order chi connectivity index (χ0) is 22.1. The third kappa shape index (κ3) is 4.75. The summed E-state index contributed by atoms with van der Waals surface area (Å²) in [5, 5.41) is 6.99. The third-order valence-corrected chi connectivity index (χ3v) is 6.60. The molecule has 0 N–H and O–H groups in total. The van der Waals surface area contributed by atoms with Gasteiger partial charge in [-0.25, -0.2) is 22.2 Å². The van der Waals surface area contributed by atoms with Crippen molar-refractivity contribution in [3.63, 3.8) is 0 Å². The number of thiazole rings is 1. The summed E-state index contributed by atoms with van der Waals surface area (Å²) in [7, 11) is -3.87. The summed E-state index contributed by atoms with van der Waals surface area (Å²) >= 11 is 0.943. The van der Waals surface area contributed by atoms with E-state index >= 15 is 0 Å². The lowest BCUT2D eigenvalue weighted by atomic mass is 10.1. The van der Waals surface area contributed by atoms with E-state index in [0.29, 0.717) is 6.92 Å². The lowest BCUT2D eigenvalue weighted by Gasteiger charge is -2.23. The molecule has 0 aromatic carbocycles. The lowest BCUT2D eigenvalue weighted by molar-refractivity contribution is 0.0171. The Labute approximate surface area is 172 Å². The maximum Gasteiger partial charge on any atom is 0.314 e. The molecule has 30 heavy (non-hydrogen) atoms. The van der Waals surface area contributed by atoms with Crippen LogP contribution in [0.25, 0.3) is 10.8 Å². The molecule has 0 bridgehead atoms. The second-order valence-corrected chi connectivity index (χ2v) is 9.39. The molecule has 0 radical (unpaired) electrons. The van der Waals surface area contributed by atoms with Crippen LogP contribution in [0.5, 0.6) is 0 Å². The highest BCUT2D eigenvalue weighted by Crippen LogP contribution is 2.32. The summed E-state index contributed by atoms with van der Waals surface area (Å²) in [6, 6.07) is 1.04. The Kier molecular flexibility index (Phi) is 6.08. The molecule has 0 atom stereocenters. The normalized spacial score (nSPS) is 12.5. The average Bonchev–Trinajstić information content (AvgIpc) is 3.35. The predicted octanol–water partition coefficient (Wildman–Crippen LogP) is 3.99. The van der Waals surface area contributed by atoms with Crippen molar-refractivity contribution >= 4 is 27.0 Å². The first-order valence-corrected chi connectivity index (χ1v) is 10.8. The molecular weight excluding hydrogens is 450 g/mol. The number of hydrogen-bond donors (Lipinski definition) is 0. The number of aromatic nitrogens is 4. The second-order valence-electron chi connectivity index (χ2n) is 6.09. The van der Waals surface area contributed by atoms with Crippen LogP contribution < -0.4 is 4.31 Å². The van der Waals surface area contributed by atoms with Crippen LogP contribution in [-0.4, -0.2) is 34.3 Å². The number of anilines is 1. The lowest BCUT2D eigenvalue weighted by Crippen LogP contribution is -2.32. The Hall–Kier alpha value is -2.61. The van der Waals surface area contributed by atoms with E-state index in [1.54, 1.807) is 0 Å². The van der Waals surface area contributed by atoms with Crippen molar-refractivity contribution in [2.45, 2.75) is 32.7 Å². The van der Waals surface area contributed by atoms with Gasteiger partial charge in [-0.1, -0.05) is 0 Å². The number of hydrogen-bond acceptors (Lipinski definition) is 8. The minimum atomic E-state index is -3.87. The molecule has 0 fully saturated rings. The first-order chi connectivity index (χ1) is 14.0. The second kappa shape index (κ2) is 8.26. The van der Waals surface area contributed by atoms with Crippen LogP contribution in [0.1, 0.15) is 36.7 Å². The highest BCUT2D eigenvalue weighted by molar-refractivity contribution is 7.92. The van der Waals surface area contributed by atoms with E-state index < -0.39 is 33.8 Å². The minimum absolute atomic E-state index is 0.0506. The van der Waals surface area contributed by atoms with Crippen molar-refractivity contribution in [1.82, 2.24) is 20.2 Å². The van der Waals surface area contributed by atoms with Crippen LogP contribution in [0.3, 0.4) is 0 Å². The Balaban J connectivity index is 1.93. The highest BCUT2D eigenvalue weighted by atomic mass is 32.2. The average molecular weight is 465 g/mol. The molecule has 162 valence electrons. The van der Waals surface area contributed by atoms with Crippen LogP contribution in [0, 0.1) is 0 Å². The molecule has 3 heterocycles. The van der Waals surface area contributed by atoms with E-state index in [9.17, 15) is 26.0 Å². The van der Waals surface area contributed by atoms with Gasteiger partial charge in [-0.15, -0.1) is 21.5 Å². The fourth-order valence-corrected chi connectivity index (χ4v) is 4.30. The Morgan fingerprint density at radius 3 is 2.57 bits per heavy atom. The summed E-state index contributed by atoms with van der Waals surface area (Å²) in [6.45, 7) is 1.81. The Bertz CT molecular complexity index is 1130. The molecule has 0 unspecified atom stereocenters. The molecule has 0 aliphatic rings. The minimum Gasteiger partial charge on any atom is -0.414 e. The van der Waals surface area contributed by atoms with Crippen molar-refractivity contribution in [2.75, 3.05) is 10.1 Å². The fraction of sp³-hybridized carbons (Fsp3) is 0.375. The molecule has 0 saturated heterocycles. The number of nitrogens with zero attached hydrogens (tertiary/aromatic N) is 5. The smallest absolute Gasteiger partial charge is 0.314 e. The van der Waals surface area contributed by atoms with E-state index in [4.69, 9.17) is 4.42 Å². The van der Waals surface area contributed by atoms with Gasteiger partial charge in [0, 0.05) is 18.7 Å². The van der Waals surface area contributed by atoms with Crippen molar-refractivity contribution in [3.8, 4) is 10.8 Å². The number of pyridine rings is 1. The SMILES string of the molecule is CCS(=O)(=O)N(Cc1ncc(-c2nnc(C(F)F)o2)s1)c1cncc(C(C)(F)F)c1. The summed E-state index contributed by atoms with van der Waals surface area (Å²) < 4.78 is 83.5. The Morgan fingerprint density at radius 1 is 1.23 bits per heavy atom. The zero-order valence-corrected chi connectivity index (χ0v) is 17.2. The van der Waals surface area contributed by atoms with E-state index in [-0.39, 0.29) is 33.8 Å². The monoisotopic (exact) mass is 465 g/mol. The predicted molar refractivity (Wildman–Crippen MR) is 99.8 cm³/mol. The van der Waals surface area contributed by atoms with E-state index in [2.05, 4.69) is 20.2 Å². The van der Waals surface area contributed by atoms with Crippen LogP contribution in [0.2, 0.25) is 0 Å². The summed E-state index contributed by atoms with van der Waals surface area (Å²) in [5.41, 5.74) is -0.494. The maximum atomic E-state index is 13.7. The molecule has 0 amide bonds. The van der Waals surface area contributed by atoms with Gasteiger partial charge >= 0.3 is 6.43 Å². The van der Waals surface area contributed by atoms with Gasteiger partial charge in [-0.05, 0) is 13.0 Å². The zero-order valence-electron chi connectivity index (χ0n) is 15.6. The van der Waals surface area contributed by atoms with Gasteiger partial charge in [-0.3, -0.25) is 9.29 Å². The molecule has 14 heteroatoms. The van der Waals surface area contributed by atoms with Crippen molar-refractivity contribution in [1.29, 1.82) is 0 Å². The molecule has 8 nitrogen and oxygen atoms in total. The van der Waals surface area contributed by atoms with Gasteiger partial charge in [0.15, 0.2) is 0 Å². The van der Waals surface area contributed by atoms with Gasteiger partial charge < -0.3 is 4.42 Å². The van der Waals surface area contributed by atoms with Crippen molar-refractivity contribution < 1.29 is 30.4 Å². The van der Waals surface area contributed by atoms with Gasteiger partial charge in [0.05, 0.1) is 30.4 Å². The number of sulfonamides is 1. The van der Waals surface area contributed by atoms with Crippen molar-refractivity contribution in [3.05, 3.63) is 41.1 Å². The highest BCUT2D eigenvalue weighted by Gasteiger charge is 2.29. The number of alkyl halides is 4. The van der Waals surface area contributed by atoms with Crippen LogP contribution in [0.15, 0.2) is 29.1 Å². The molecule has 3 aromatic heterocycles. The van der Waals surface area contributed by atoms with Crippen LogP contribution >= 0.6 is 11.3 Å². The summed E-state index contributed by atoms with van der Waals surface area (Å²) in [6.07, 6.45) is 0.455. The van der Waals surface area contributed by atoms with Crippen LogP contribution in [0.4, 0.5) is 23.2 Å². The van der Waals surface area contributed by atoms with Crippen molar-refractivity contribution in [2.24, 2.45) is 0 Å². The van der Waals surface area contributed by atoms with Crippen LogP contribution in [-0.2, 0) is 22.5 Å². The van der Waals surface area contributed by atoms with E-state index in [0.717, 1.165) is 34.1 Å². The molecule has 3 rings (SSSR count). The molecule has 0 aliphatic heterocycles. The quantitative estimate of drug-likeness (QED) is 0.464. The molecule has 0 spiro atoms. The largest absolute Gasteiger partial charge is 0.414 e. The fourth-order valence-electron chi connectivity index (χ4n) is 2.34. The standard InChI is InChI=1S/C16H15F4N5O3S2/c1-3-30(26,27)25(10-4-9(5-21-6-10)16(2,19)20)8-12-22-7-11(29-12)14-23-24-15(28-14)13(17)18/h4-7,13H,3,8H2,1-2H3. The van der Waals surface area contributed by atoms with Gasteiger partial charge in [0.2, 0.25) is 10.0 Å². The molecular formula is C16H15F4N5O3S2. The number of rotatable bonds is 8. The third-order valence-electron chi connectivity index (χ3n) is 3.89. The molecule has 3 aromatic rings. The topological polar surface area (TPSA) is 102 Å². The summed E-state index contributed by atoms with van der Waals surface area (Å²) in [5.74, 6) is -4.54. The van der Waals surface area contributed by atoms with E-state index in [1.165, 1.54) is 13.1 Å². The number of halogens is 4. The van der Waals surface area contributed by atoms with Gasteiger partial charge in [0.1, 0.15) is 9.88 Å². The van der Waals surface area contributed by atoms with Gasteiger partial charge in [-0.2, -0.15) is 8.78 Å². The first kappa shape index (κ1) is 22.1. The maximum absolute atomic E-state index is 13.7. The molecule has 0 aliphatic carbocycles. The first-order valence-electron chi connectivity index (χ1n) is 8.41.